The van der Waals surface area contributed by atoms with Crippen molar-refractivity contribution in [1.29, 1.82) is 0 Å². The highest BCUT2D eigenvalue weighted by Crippen LogP contribution is 1.86. The fourth-order valence-electron chi connectivity index (χ4n) is 0.347. The van der Waals surface area contributed by atoms with Gasteiger partial charge in [-0.2, -0.15) is 0 Å². The van der Waals surface area contributed by atoms with Gasteiger partial charge in [-0.1, -0.05) is 12.2 Å². The van der Waals surface area contributed by atoms with Gasteiger partial charge in [0.2, 0.25) is 0 Å². The number of rotatable bonds is 3. The molecule has 3 heteroatoms. The lowest BCUT2D eigenvalue weighted by Crippen LogP contribution is -2.19. The topological polar surface area (TPSA) is 46.5 Å². The first-order chi connectivity index (χ1) is 4.68. The first kappa shape index (κ1) is 9.17. The summed E-state index contributed by atoms with van der Waals surface area (Å²) in [6, 6.07) is 0. The van der Waals surface area contributed by atoms with E-state index in [0.29, 0.717) is 0 Å². The molecular formula is C7H12O3. The molecule has 0 heterocycles. The van der Waals surface area contributed by atoms with Crippen molar-refractivity contribution in [3.63, 3.8) is 0 Å². The molecule has 0 amide bonds. The highest BCUT2D eigenvalue weighted by Gasteiger charge is 2.07. The van der Waals surface area contributed by atoms with Crippen LogP contribution in [0.5, 0.6) is 0 Å². The van der Waals surface area contributed by atoms with Crippen LogP contribution in [0.4, 0.5) is 0 Å². The smallest absolute Gasteiger partial charge is 0.334 e. The normalized spacial score (nSPS) is 13.5. The molecule has 3 nitrogen and oxygen atoms in total. The third-order valence-corrected chi connectivity index (χ3v) is 0.899. The van der Waals surface area contributed by atoms with Gasteiger partial charge < -0.3 is 9.84 Å². The Bertz CT molecular complexity index is 127. The number of carbonyl (C=O) groups excluding carboxylic acids is 1. The Hall–Kier alpha value is -0.830. The van der Waals surface area contributed by atoms with E-state index in [2.05, 4.69) is 4.74 Å². The number of esters is 1. The number of allylic oxidation sites excluding steroid dienone is 1. The summed E-state index contributed by atoms with van der Waals surface area (Å²) in [5, 5.41) is 8.62. The van der Waals surface area contributed by atoms with Crippen LogP contribution in [0, 0.1) is 0 Å². The molecule has 1 N–H and O–H groups in total. The predicted molar refractivity (Wildman–Crippen MR) is 37.5 cm³/mol. The van der Waals surface area contributed by atoms with Crippen molar-refractivity contribution in [2.24, 2.45) is 0 Å². The van der Waals surface area contributed by atoms with E-state index in [1.54, 1.807) is 12.2 Å². The van der Waals surface area contributed by atoms with Crippen LogP contribution < -0.4 is 0 Å². The summed E-state index contributed by atoms with van der Waals surface area (Å²) in [6.45, 7) is 3.44. The Kier molecular flexibility index (Phi) is 4.58. The molecule has 1 atom stereocenters. The van der Waals surface area contributed by atoms with E-state index >= 15 is 0 Å². The molecule has 10 heavy (non-hydrogen) atoms. The molecule has 58 valence electrons. The highest BCUT2D eigenvalue weighted by molar-refractivity contribution is 5.73. The van der Waals surface area contributed by atoms with Crippen LogP contribution in [0.1, 0.15) is 13.8 Å². The number of aliphatic hydroxyl groups is 1. The first-order valence-corrected chi connectivity index (χ1v) is 3.14. The summed E-state index contributed by atoms with van der Waals surface area (Å²) in [4.78, 5) is 10.5. The number of ether oxygens (including phenoxy) is 1. The predicted octanol–water partition coefficient (Wildman–Crippen LogP) is 0.486. The molecule has 0 aromatic rings. The maximum absolute atomic E-state index is 10.5. The Balaban J connectivity index is 3.40. The molecule has 0 aliphatic heterocycles. The zero-order valence-electron chi connectivity index (χ0n) is 6.20. The minimum Gasteiger partial charge on any atom is -0.460 e. The van der Waals surface area contributed by atoms with E-state index in [4.69, 9.17) is 5.11 Å². The zero-order valence-corrected chi connectivity index (χ0v) is 6.20. The third-order valence-electron chi connectivity index (χ3n) is 0.899. The zero-order chi connectivity index (χ0) is 7.98. The van der Waals surface area contributed by atoms with Gasteiger partial charge in [0.1, 0.15) is 12.7 Å². The fourth-order valence-corrected chi connectivity index (χ4v) is 0.347. The van der Waals surface area contributed by atoms with Crippen molar-refractivity contribution in [2.45, 2.75) is 20.0 Å². The Morgan fingerprint density at radius 2 is 2.40 bits per heavy atom. The number of hydrogen-bond donors (Lipinski definition) is 1. The number of aliphatic hydroxyl groups excluding tert-OH is 1. The van der Waals surface area contributed by atoms with Gasteiger partial charge in [-0.15, -0.1) is 0 Å². The number of carbonyl (C=O) groups is 1. The van der Waals surface area contributed by atoms with Crippen molar-refractivity contribution >= 4 is 5.97 Å². The molecule has 0 rings (SSSR count). The molecule has 0 unspecified atom stereocenters. The molecule has 0 fully saturated rings. The SMILES string of the molecule is C/C=C/COC(=O)[C@H](C)O. The molecular weight excluding hydrogens is 132 g/mol. The molecule has 0 aliphatic rings. The van der Waals surface area contributed by atoms with Crippen molar-refractivity contribution in [3.05, 3.63) is 12.2 Å². The molecule has 0 bridgehead atoms. The van der Waals surface area contributed by atoms with E-state index in [1.807, 2.05) is 6.92 Å². The molecule has 0 radical (unpaired) electrons. The Morgan fingerprint density at radius 1 is 1.80 bits per heavy atom. The van der Waals surface area contributed by atoms with Crippen LogP contribution in [0.2, 0.25) is 0 Å². The van der Waals surface area contributed by atoms with Crippen LogP contribution in [-0.4, -0.2) is 23.8 Å². The van der Waals surface area contributed by atoms with E-state index in [1.165, 1.54) is 6.92 Å². The average molecular weight is 144 g/mol. The maximum atomic E-state index is 10.5. The molecule has 0 spiro atoms. The lowest BCUT2D eigenvalue weighted by molar-refractivity contribution is -0.151. The summed E-state index contributed by atoms with van der Waals surface area (Å²) >= 11 is 0. The second-order valence-corrected chi connectivity index (χ2v) is 1.88. The highest BCUT2D eigenvalue weighted by atomic mass is 16.5. The summed E-state index contributed by atoms with van der Waals surface area (Å²) in [5.74, 6) is -0.585. The molecule has 0 aromatic heterocycles. The first-order valence-electron chi connectivity index (χ1n) is 3.14. The van der Waals surface area contributed by atoms with E-state index < -0.39 is 12.1 Å². The summed E-state index contributed by atoms with van der Waals surface area (Å²) in [6.07, 6.45) is 2.44. The Labute approximate surface area is 60.3 Å². The Morgan fingerprint density at radius 3 is 2.80 bits per heavy atom. The minimum absolute atomic E-state index is 0.236. The van der Waals surface area contributed by atoms with Crippen LogP contribution in [-0.2, 0) is 9.53 Å². The lowest BCUT2D eigenvalue weighted by atomic mass is 10.4. The minimum atomic E-state index is -1.02. The van der Waals surface area contributed by atoms with Gasteiger partial charge >= 0.3 is 5.97 Å². The van der Waals surface area contributed by atoms with Gasteiger partial charge in [0, 0.05) is 0 Å². The largest absolute Gasteiger partial charge is 0.460 e. The summed E-state index contributed by atoms with van der Waals surface area (Å²) < 4.78 is 4.57. The van der Waals surface area contributed by atoms with Gasteiger partial charge in [-0.25, -0.2) is 4.79 Å². The van der Waals surface area contributed by atoms with Crippen LogP contribution >= 0.6 is 0 Å². The van der Waals surface area contributed by atoms with Gasteiger partial charge in [-0.05, 0) is 13.8 Å². The van der Waals surface area contributed by atoms with Crippen molar-refractivity contribution in [2.75, 3.05) is 6.61 Å². The van der Waals surface area contributed by atoms with Gasteiger partial charge in [-0.3, -0.25) is 0 Å². The maximum Gasteiger partial charge on any atom is 0.334 e. The van der Waals surface area contributed by atoms with Crippen LogP contribution in [0.15, 0.2) is 12.2 Å². The van der Waals surface area contributed by atoms with Crippen molar-refractivity contribution in [3.8, 4) is 0 Å². The van der Waals surface area contributed by atoms with E-state index in [-0.39, 0.29) is 6.61 Å². The van der Waals surface area contributed by atoms with Gasteiger partial charge in [0.05, 0.1) is 0 Å². The molecule has 0 saturated heterocycles. The van der Waals surface area contributed by atoms with Gasteiger partial charge in [0.25, 0.3) is 0 Å². The van der Waals surface area contributed by atoms with Crippen molar-refractivity contribution in [1.82, 2.24) is 0 Å². The number of hydrogen-bond acceptors (Lipinski definition) is 3. The second kappa shape index (κ2) is 4.99. The summed E-state index contributed by atoms with van der Waals surface area (Å²) in [5.41, 5.74) is 0. The lowest BCUT2D eigenvalue weighted by Gasteiger charge is -2.02. The molecule has 0 aliphatic carbocycles. The molecule has 0 aromatic carbocycles. The standard InChI is InChI=1S/C7H12O3/c1-3-4-5-10-7(9)6(2)8/h3-4,6,8H,5H2,1-2H3/b4-3+/t6-/m0/s1. The van der Waals surface area contributed by atoms with Gasteiger partial charge in [0.15, 0.2) is 0 Å². The van der Waals surface area contributed by atoms with Crippen LogP contribution in [0.3, 0.4) is 0 Å². The average Bonchev–Trinajstić information content (AvgIpc) is 1.88. The van der Waals surface area contributed by atoms with Crippen molar-refractivity contribution < 1.29 is 14.6 Å². The monoisotopic (exact) mass is 144 g/mol. The fraction of sp³-hybridized carbons (Fsp3) is 0.571. The van der Waals surface area contributed by atoms with E-state index in [9.17, 15) is 4.79 Å². The molecule has 0 saturated carbocycles. The quantitative estimate of drug-likeness (QED) is 0.463. The summed E-state index contributed by atoms with van der Waals surface area (Å²) in [7, 11) is 0. The second-order valence-electron chi connectivity index (χ2n) is 1.88. The third kappa shape index (κ3) is 4.09. The van der Waals surface area contributed by atoms with Crippen LogP contribution in [0.25, 0.3) is 0 Å². The van der Waals surface area contributed by atoms with E-state index in [0.717, 1.165) is 0 Å².